The van der Waals surface area contributed by atoms with E-state index in [4.69, 9.17) is 11.6 Å². The van der Waals surface area contributed by atoms with E-state index in [1.54, 1.807) is 0 Å². The van der Waals surface area contributed by atoms with Crippen LogP contribution in [0, 0.1) is 11.2 Å². The normalized spacial score (nSPS) is 18.4. The monoisotopic (exact) mass is 212 g/mol. The van der Waals surface area contributed by atoms with E-state index in [2.05, 4.69) is 0 Å². The fraction of sp³-hybridized carbons (Fsp3) is 0.364. The van der Waals surface area contributed by atoms with Crippen LogP contribution in [0.1, 0.15) is 29.8 Å². The number of ketones is 1. The molecular formula is C11H10ClFO. The fourth-order valence-corrected chi connectivity index (χ4v) is 2.15. The molecule has 0 radical (unpaired) electrons. The molecule has 1 aromatic carbocycles. The Bertz CT molecular complexity index is 424. The number of Topliss-reactive ketones (excluding diaryl/α,β-unsaturated/α-hetero) is 1. The third kappa shape index (κ3) is 1.25. The average molecular weight is 213 g/mol. The predicted molar refractivity (Wildman–Crippen MR) is 53.2 cm³/mol. The molecule has 0 bridgehead atoms. The van der Waals surface area contributed by atoms with Crippen molar-refractivity contribution >= 4 is 17.4 Å². The third-order valence-electron chi connectivity index (χ3n) is 2.64. The minimum Gasteiger partial charge on any atom is -0.294 e. The summed E-state index contributed by atoms with van der Waals surface area (Å²) in [5.74, 6) is -0.464. The average Bonchev–Trinajstić information content (AvgIpc) is 2.28. The maximum absolute atomic E-state index is 13.0. The van der Waals surface area contributed by atoms with Gasteiger partial charge in [-0.1, -0.05) is 25.4 Å². The van der Waals surface area contributed by atoms with Gasteiger partial charge in [0.2, 0.25) is 0 Å². The number of benzene rings is 1. The Kier molecular flexibility index (Phi) is 1.93. The second-order valence-corrected chi connectivity index (χ2v) is 4.71. The quantitative estimate of drug-likeness (QED) is 0.645. The maximum Gasteiger partial charge on any atom is 0.169 e. The van der Waals surface area contributed by atoms with Crippen molar-refractivity contribution in [2.45, 2.75) is 20.3 Å². The molecule has 0 atom stereocenters. The molecular weight excluding hydrogens is 203 g/mol. The highest BCUT2D eigenvalue weighted by Gasteiger charge is 2.38. The standard InChI is InChI=1S/C11H10ClFO/c1-11(2)5-8-7(10(11)14)3-6(13)4-9(8)12/h3-4H,5H2,1-2H3. The summed E-state index contributed by atoms with van der Waals surface area (Å²) in [5, 5.41) is 0.360. The molecule has 0 amide bonds. The first-order chi connectivity index (χ1) is 6.42. The summed E-state index contributed by atoms with van der Waals surface area (Å²) in [6.45, 7) is 3.70. The number of carbonyl (C=O) groups is 1. The van der Waals surface area contributed by atoms with Crippen LogP contribution in [-0.2, 0) is 6.42 Å². The first kappa shape index (κ1) is 9.66. The van der Waals surface area contributed by atoms with E-state index in [1.165, 1.54) is 12.1 Å². The molecule has 0 aromatic heterocycles. The topological polar surface area (TPSA) is 17.1 Å². The molecule has 1 aliphatic carbocycles. The van der Waals surface area contributed by atoms with Crippen LogP contribution in [0.25, 0.3) is 0 Å². The molecule has 3 heteroatoms. The Labute approximate surface area is 86.9 Å². The Morgan fingerprint density at radius 1 is 1.43 bits per heavy atom. The Balaban J connectivity index is 2.65. The number of carbonyl (C=O) groups excluding carboxylic acids is 1. The minimum atomic E-state index is -0.445. The van der Waals surface area contributed by atoms with Crippen LogP contribution in [0.5, 0.6) is 0 Å². The van der Waals surface area contributed by atoms with Crippen molar-refractivity contribution in [2.24, 2.45) is 5.41 Å². The van der Waals surface area contributed by atoms with Gasteiger partial charge >= 0.3 is 0 Å². The van der Waals surface area contributed by atoms with Gasteiger partial charge in [-0.05, 0) is 24.1 Å². The van der Waals surface area contributed by atoms with Gasteiger partial charge in [0.05, 0.1) is 0 Å². The maximum atomic E-state index is 13.0. The Morgan fingerprint density at radius 3 is 2.71 bits per heavy atom. The van der Waals surface area contributed by atoms with E-state index in [-0.39, 0.29) is 5.78 Å². The van der Waals surface area contributed by atoms with Gasteiger partial charge in [-0.3, -0.25) is 4.79 Å². The van der Waals surface area contributed by atoms with Crippen molar-refractivity contribution in [3.05, 3.63) is 34.1 Å². The number of hydrogen-bond acceptors (Lipinski definition) is 1. The van der Waals surface area contributed by atoms with Crippen LogP contribution in [0.2, 0.25) is 5.02 Å². The zero-order chi connectivity index (χ0) is 10.5. The molecule has 0 fully saturated rings. The van der Waals surface area contributed by atoms with Crippen molar-refractivity contribution in [1.82, 2.24) is 0 Å². The Morgan fingerprint density at radius 2 is 2.07 bits per heavy atom. The van der Waals surface area contributed by atoms with Gasteiger partial charge in [-0.15, -0.1) is 0 Å². The highest BCUT2D eigenvalue weighted by molar-refractivity contribution is 6.32. The van der Waals surface area contributed by atoms with Gasteiger partial charge in [-0.25, -0.2) is 4.39 Å². The molecule has 2 rings (SSSR count). The molecule has 0 aliphatic heterocycles. The number of hydrogen-bond donors (Lipinski definition) is 0. The smallest absolute Gasteiger partial charge is 0.169 e. The molecule has 0 saturated carbocycles. The first-order valence-electron chi connectivity index (χ1n) is 4.44. The molecule has 1 aliphatic rings. The molecule has 0 N–H and O–H groups in total. The lowest BCUT2D eigenvalue weighted by Crippen LogP contribution is -2.18. The fourth-order valence-electron chi connectivity index (χ4n) is 1.87. The molecule has 14 heavy (non-hydrogen) atoms. The third-order valence-corrected chi connectivity index (χ3v) is 2.98. The summed E-state index contributed by atoms with van der Waals surface area (Å²) < 4.78 is 13.0. The summed E-state index contributed by atoms with van der Waals surface area (Å²) >= 11 is 5.88. The van der Waals surface area contributed by atoms with Crippen molar-refractivity contribution < 1.29 is 9.18 Å². The SMILES string of the molecule is CC1(C)Cc2c(Cl)cc(F)cc2C1=O. The number of rotatable bonds is 0. The van der Waals surface area contributed by atoms with Crippen LogP contribution < -0.4 is 0 Å². The lowest BCUT2D eigenvalue weighted by atomic mass is 9.89. The zero-order valence-electron chi connectivity index (χ0n) is 8.03. The summed E-state index contributed by atoms with van der Waals surface area (Å²) in [7, 11) is 0. The van der Waals surface area contributed by atoms with Crippen LogP contribution in [-0.4, -0.2) is 5.78 Å². The molecule has 1 aromatic rings. The van der Waals surface area contributed by atoms with Gasteiger partial charge in [0.25, 0.3) is 0 Å². The largest absolute Gasteiger partial charge is 0.294 e. The van der Waals surface area contributed by atoms with Crippen molar-refractivity contribution in [1.29, 1.82) is 0 Å². The van der Waals surface area contributed by atoms with Gasteiger partial charge in [-0.2, -0.15) is 0 Å². The van der Waals surface area contributed by atoms with Crippen LogP contribution in [0.15, 0.2) is 12.1 Å². The minimum absolute atomic E-state index is 0.0195. The van der Waals surface area contributed by atoms with Gasteiger partial charge in [0.1, 0.15) is 5.82 Å². The number of halogens is 2. The second-order valence-electron chi connectivity index (χ2n) is 4.30. The lowest BCUT2D eigenvalue weighted by molar-refractivity contribution is 0.0863. The van der Waals surface area contributed by atoms with Crippen LogP contribution in [0.4, 0.5) is 4.39 Å². The summed E-state index contributed by atoms with van der Waals surface area (Å²) in [6, 6.07) is 2.54. The van der Waals surface area contributed by atoms with E-state index >= 15 is 0 Å². The van der Waals surface area contributed by atoms with Gasteiger partial charge < -0.3 is 0 Å². The molecule has 74 valence electrons. The van der Waals surface area contributed by atoms with E-state index < -0.39 is 11.2 Å². The molecule has 0 saturated heterocycles. The van der Waals surface area contributed by atoms with E-state index in [9.17, 15) is 9.18 Å². The Hall–Kier alpha value is -0.890. The van der Waals surface area contributed by atoms with Crippen molar-refractivity contribution in [3.8, 4) is 0 Å². The van der Waals surface area contributed by atoms with E-state index in [0.29, 0.717) is 17.0 Å². The summed E-state index contributed by atoms with van der Waals surface area (Å²) in [4.78, 5) is 11.8. The molecule has 0 heterocycles. The van der Waals surface area contributed by atoms with Gasteiger partial charge in [0.15, 0.2) is 5.78 Å². The zero-order valence-corrected chi connectivity index (χ0v) is 8.78. The van der Waals surface area contributed by atoms with Crippen LogP contribution in [0.3, 0.4) is 0 Å². The lowest BCUT2D eigenvalue weighted by Gasteiger charge is -2.13. The highest BCUT2D eigenvalue weighted by atomic mass is 35.5. The first-order valence-corrected chi connectivity index (χ1v) is 4.82. The molecule has 0 unspecified atom stereocenters. The van der Waals surface area contributed by atoms with E-state index in [0.717, 1.165) is 5.56 Å². The second kappa shape index (κ2) is 2.80. The number of fused-ring (bicyclic) bond motifs is 1. The molecule has 0 spiro atoms. The van der Waals surface area contributed by atoms with Crippen molar-refractivity contribution in [2.75, 3.05) is 0 Å². The highest BCUT2D eigenvalue weighted by Crippen LogP contribution is 2.39. The molecule has 1 nitrogen and oxygen atoms in total. The predicted octanol–water partition coefficient (Wildman–Crippen LogP) is 3.24. The summed E-state index contributed by atoms with van der Waals surface area (Å²) in [5.41, 5.74) is 0.780. The van der Waals surface area contributed by atoms with Gasteiger partial charge in [0, 0.05) is 16.0 Å². The summed E-state index contributed by atoms with van der Waals surface area (Å²) in [6.07, 6.45) is 0.598. The van der Waals surface area contributed by atoms with Crippen LogP contribution >= 0.6 is 11.6 Å². The van der Waals surface area contributed by atoms with E-state index in [1.807, 2.05) is 13.8 Å². The van der Waals surface area contributed by atoms with Crippen molar-refractivity contribution in [3.63, 3.8) is 0 Å².